The van der Waals surface area contributed by atoms with Gasteiger partial charge in [0.1, 0.15) is 6.04 Å². The second kappa shape index (κ2) is 9.29. The number of fused-ring (bicyclic) bond motifs is 1. The second-order valence-corrected chi connectivity index (χ2v) is 9.73. The van der Waals surface area contributed by atoms with Gasteiger partial charge in [0.05, 0.1) is 4.90 Å². The summed E-state index contributed by atoms with van der Waals surface area (Å²) in [7, 11) is -3.46. The van der Waals surface area contributed by atoms with Gasteiger partial charge < -0.3 is 10.2 Å². The van der Waals surface area contributed by atoms with Gasteiger partial charge in [-0.05, 0) is 44.0 Å². The van der Waals surface area contributed by atoms with Crippen molar-refractivity contribution in [1.82, 2.24) is 4.31 Å². The van der Waals surface area contributed by atoms with Gasteiger partial charge in [0.2, 0.25) is 10.0 Å². The molecule has 0 unspecified atom stereocenters. The molecular formula is C23H32N3O3S+. The van der Waals surface area contributed by atoms with Gasteiger partial charge in [0.25, 0.3) is 5.91 Å². The van der Waals surface area contributed by atoms with Crippen molar-refractivity contribution in [3.63, 3.8) is 0 Å². The minimum absolute atomic E-state index is 0.0343. The highest BCUT2D eigenvalue weighted by Gasteiger charge is 2.31. The van der Waals surface area contributed by atoms with Crippen molar-refractivity contribution < 1.29 is 18.5 Å². The predicted octanol–water partition coefficient (Wildman–Crippen LogP) is 2.32. The lowest BCUT2D eigenvalue weighted by Gasteiger charge is -2.23. The Labute approximate surface area is 179 Å². The van der Waals surface area contributed by atoms with Crippen molar-refractivity contribution in [1.29, 1.82) is 0 Å². The predicted molar refractivity (Wildman–Crippen MR) is 119 cm³/mol. The second-order valence-electron chi connectivity index (χ2n) is 7.80. The normalized spacial score (nSPS) is 15.8. The van der Waals surface area contributed by atoms with Crippen LogP contribution < -0.4 is 10.2 Å². The number of nitrogens with zero attached hydrogens (tertiary/aromatic N) is 2. The maximum atomic E-state index is 13.0. The van der Waals surface area contributed by atoms with Crippen LogP contribution in [0.15, 0.2) is 53.4 Å². The Balaban J connectivity index is 1.67. The maximum Gasteiger partial charge on any atom is 0.284 e. The number of nitrogens with two attached hydrogens (primary N) is 1. The molecule has 2 atom stereocenters. The maximum absolute atomic E-state index is 13.0. The largest absolute Gasteiger partial charge is 0.330 e. The van der Waals surface area contributed by atoms with E-state index in [1.807, 2.05) is 68.2 Å². The molecule has 30 heavy (non-hydrogen) atoms. The molecule has 2 N–H and O–H groups in total. The third kappa shape index (κ3) is 4.43. The number of quaternary nitrogens is 1. The Kier molecular flexibility index (Phi) is 6.95. The van der Waals surface area contributed by atoms with Crippen molar-refractivity contribution >= 4 is 21.6 Å². The van der Waals surface area contributed by atoms with E-state index in [-0.39, 0.29) is 18.0 Å². The van der Waals surface area contributed by atoms with Crippen molar-refractivity contribution in [2.24, 2.45) is 0 Å². The van der Waals surface area contributed by atoms with E-state index in [9.17, 15) is 13.2 Å². The molecule has 0 bridgehead atoms. The SMILES string of the molecule is CCN(CC)S(=O)(=O)c1ccc([C@@H](C)[NH2+][C@H](C)C(=O)N2CCc3ccccc32)cc1. The van der Waals surface area contributed by atoms with Crippen molar-refractivity contribution in [3.05, 3.63) is 59.7 Å². The van der Waals surface area contributed by atoms with Crippen LogP contribution in [0, 0.1) is 0 Å². The van der Waals surface area contributed by atoms with Crippen LogP contribution in [-0.4, -0.2) is 44.3 Å². The van der Waals surface area contributed by atoms with E-state index in [2.05, 4.69) is 6.07 Å². The molecule has 2 aromatic carbocycles. The first-order valence-corrected chi connectivity index (χ1v) is 12.1. The zero-order valence-electron chi connectivity index (χ0n) is 18.2. The highest BCUT2D eigenvalue weighted by molar-refractivity contribution is 7.89. The number of hydrogen-bond acceptors (Lipinski definition) is 3. The van der Waals surface area contributed by atoms with Crippen LogP contribution in [0.5, 0.6) is 0 Å². The molecule has 0 aromatic heterocycles. The van der Waals surface area contributed by atoms with E-state index in [1.165, 1.54) is 9.87 Å². The van der Waals surface area contributed by atoms with Gasteiger partial charge in [0.15, 0.2) is 6.04 Å². The van der Waals surface area contributed by atoms with Gasteiger partial charge in [-0.25, -0.2) is 8.42 Å². The Bertz CT molecular complexity index is 985. The molecule has 0 saturated heterocycles. The molecule has 6 nitrogen and oxygen atoms in total. The molecule has 1 heterocycles. The molecule has 1 aliphatic rings. The zero-order chi connectivity index (χ0) is 21.9. The lowest BCUT2D eigenvalue weighted by atomic mass is 10.1. The van der Waals surface area contributed by atoms with Gasteiger partial charge in [0, 0.05) is 30.9 Å². The number of carbonyl (C=O) groups excluding carboxylic acids is 1. The summed E-state index contributed by atoms with van der Waals surface area (Å²) in [5, 5.41) is 2.04. The van der Waals surface area contributed by atoms with E-state index < -0.39 is 10.0 Å². The quantitative estimate of drug-likeness (QED) is 0.698. The number of carbonyl (C=O) groups is 1. The number of hydrogen-bond donors (Lipinski definition) is 1. The highest BCUT2D eigenvalue weighted by Crippen LogP contribution is 2.27. The smallest absolute Gasteiger partial charge is 0.284 e. The minimum atomic E-state index is -3.46. The average molecular weight is 431 g/mol. The Morgan fingerprint density at radius 2 is 1.70 bits per heavy atom. The first-order chi connectivity index (χ1) is 14.3. The molecule has 0 radical (unpaired) electrons. The fourth-order valence-corrected chi connectivity index (χ4v) is 5.55. The summed E-state index contributed by atoms with van der Waals surface area (Å²) in [5.74, 6) is 0.104. The summed E-state index contributed by atoms with van der Waals surface area (Å²) < 4.78 is 26.8. The molecule has 0 saturated carbocycles. The van der Waals surface area contributed by atoms with E-state index in [1.54, 1.807) is 12.1 Å². The number of sulfonamides is 1. The van der Waals surface area contributed by atoms with Gasteiger partial charge in [-0.1, -0.05) is 44.2 Å². The summed E-state index contributed by atoms with van der Waals surface area (Å²) in [6.07, 6.45) is 0.895. The molecule has 0 fully saturated rings. The summed E-state index contributed by atoms with van der Waals surface area (Å²) in [6, 6.07) is 14.9. The van der Waals surface area contributed by atoms with Crippen molar-refractivity contribution in [2.45, 2.75) is 51.1 Å². The molecule has 1 amide bonds. The fourth-order valence-electron chi connectivity index (χ4n) is 4.10. The minimum Gasteiger partial charge on any atom is -0.330 e. The third-order valence-corrected chi connectivity index (χ3v) is 7.93. The summed E-state index contributed by atoms with van der Waals surface area (Å²) in [4.78, 5) is 15.2. The van der Waals surface area contributed by atoms with Crippen LogP contribution in [0.2, 0.25) is 0 Å². The third-order valence-electron chi connectivity index (χ3n) is 5.87. The van der Waals surface area contributed by atoms with Crippen molar-refractivity contribution in [2.75, 3.05) is 24.5 Å². The Morgan fingerprint density at radius 1 is 1.07 bits per heavy atom. The number of anilines is 1. The zero-order valence-corrected chi connectivity index (χ0v) is 19.0. The summed E-state index contributed by atoms with van der Waals surface area (Å²) >= 11 is 0. The van der Waals surface area contributed by atoms with Crippen LogP contribution in [0.4, 0.5) is 5.69 Å². The Hall–Kier alpha value is -2.22. The van der Waals surface area contributed by atoms with Gasteiger partial charge in [-0.15, -0.1) is 0 Å². The van der Waals surface area contributed by atoms with Crippen LogP contribution in [0.25, 0.3) is 0 Å². The monoisotopic (exact) mass is 430 g/mol. The summed E-state index contributed by atoms with van der Waals surface area (Å²) in [6.45, 7) is 9.26. The van der Waals surface area contributed by atoms with Crippen LogP contribution >= 0.6 is 0 Å². The molecule has 162 valence electrons. The number of rotatable bonds is 8. The summed E-state index contributed by atoms with van der Waals surface area (Å²) in [5.41, 5.74) is 3.23. The van der Waals surface area contributed by atoms with Crippen LogP contribution in [0.1, 0.15) is 44.9 Å². The molecule has 2 aromatic rings. The molecule has 3 rings (SSSR count). The molecule has 0 spiro atoms. The van der Waals surface area contributed by atoms with Crippen LogP contribution in [-0.2, 0) is 21.2 Å². The van der Waals surface area contributed by atoms with Gasteiger partial charge in [-0.3, -0.25) is 4.79 Å². The molecule has 0 aliphatic carbocycles. The van der Waals surface area contributed by atoms with Gasteiger partial charge in [-0.2, -0.15) is 4.31 Å². The number of benzene rings is 2. The average Bonchev–Trinajstić information content (AvgIpc) is 3.18. The lowest BCUT2D eigenvalue weighted by molar-refractivity contribution is -0.710. The van der Waals surface area contributed by atoms with Crippen molar-refractivity contribution in [3.8, 4) is 0 Å². The van der Waals surface area contributed by atoms with E-state index >= 15 is 0 Å². The lowest BCUT2D eigenvalue weighted by Crippen LogP contribution is -2.92. The number of amides is 1. The van der Waals surface area contributed by atoms with E-state index in [0.717, 1.165) is 24.2 Å². The Morgan fingerprint density at radius 3 is 2.33 bits per heavy atom. The van der Waals surface area contributed by atoms with Crippen LogP contribution in [0.3, 0.4) is 0 Å². The molecule has 1 aliphatic heterocycles. The highest BCUT2D eigenvalue weighted by atomic mass is 32.2. The molecule has 7 heteroatoms. The first kappa shape index (κ1) is 22.5. The first-order valence-electron chi connectivity index (χ1n) is 10.6. The number of para-hydroxylation sites is 1. The van der Waals surface area contributed by atoms with E-state index in [0.29, 0.717) is 18.0 Å². The topological polar surface area (TPSA) is 74.3 Å². The van der Waals surface area contributed by atoms with Gasteiger partial charge >= 0.3 is 0 Å². The standard InChI is InChI=1S/C23H31N3O3S/c1-5-25(6-2)30(28,29)21-13-11-19(12-14-21)17(3)24-18(4)23(27)26-16-15-20-9-7-8-10-22(20)26/h7-14,17-18,24H,5-6,15-16H2,1-4H3/p+1/t17-,18-/m1/s1. The fraction of sp³-hybridized carbons (Fsp3) is 0.435. The molecular weight excluding hydrogens is 398 g/mol. The van der Waals surface area contributed by atoms with E-state index in [4.69, 9.17) is 0 Å².